The number of likely N-dealkylation sites (tertiary alicyclic amines) is 1. The molecule has 2 aromatic rings. The van der Waals surface area contributed by atoms with Crippen LogP contribution in [-0.4, -0.2) is 49.2 Å². The van der Waals surface area contributed by atoms with Crippen LogP contribution in [0.5, 0.6) is 0 Å². The second-order valence-electron chi connectivity index (χ2n) is 5.79. The number of hydrogen-bond acceptors (Lipinski definition) is 5. The molecule has 1 fully saturated rings. The van der Waals surface area contributed by atoms with Crippen molar-refractivity contribution in [2.24, 2.45) is 11.8 Å². The molecule has 3 heterocycles. The number of nitrogens with zero attached hydrogens (tertiary/aromatic N) is 5. The predicted octanol–water partition coefficient (Wildman–Crippen LogP) is 1.72. The number of piperidine rings is 1. The number of rotatable bonds is 3. The smallest absolute Gasteiger partial charge is 0.253 e. The Morgan fingerprint density at radius 1 is 1.38 bits per heavy atom. The second-order valence-corrected chi connectivity index (χ2v) is 6.73. The van der Waals surface area contributed by atoms with Crippen LogP contribution in [0.2, 0.25) is 0 Å². The highest BCUT2D eigenvalue weighted by Gasteiger charge is 2.25. The van der Waals surface area contributed by atoms with Crippen molar-refractivity contribution in [1.29, 1.82) is 0 Å². The summed E-state index contributed by atoms with van der Waals surface area (Å²) >= 11 is 1.38. The molecule has 1 saturated heterocycles. The molecule has 2 atom stereocenters. The van der Waals surface area contributed by atoms with Crippen LogP contribution >= 0.6 is 11.8 Å². The summed E-state index contributed by atoms with van der Waals surface area (Å²) in [6.45, 7) is 6.14. The van der Waals surface area contributed by atoms with Crippen LogP contribution in [0.1, 0.15) is 20.3 Å². The molecule has 3 rings (SSSR count). The molecule has 2 aromatic heterocycles. The highest BCUT2D eigenvalue weighted by atomic mass is 32.2. The predicted molar refractivity (Wildman–Crippen MR) is 81.0 cm³/mol. The van der Waals surface area contributed by atoms with Gasteiger partial charge >= 0.3 is 0 Å². The molecule has 0 unspecified atom stereocenters. The molecule has 1 amide bonds. The third kappa shape index (κ3) is 3.34. The number of fused-ring (bicyclic) bond motifs is 1. The average molecular weight is 305 g/mol. The van der Waals surface area contributed by atoms with Crippen LogP contribution < -0.4 is 0 Å². The molecule has 0 N–H and O–H groups in total. The summed E-state index contributed by atoms with van der Waals surface area (Å²) in [7, 11) is 0. The Morgan fingerprint density at radius 3 is 2.86 bits per heavy atom. The summed E-state index contributed by atoms with van der Waals surface area (Å²) in [5.74, 6) is 2.29. The van der Waals surface area contributed by atoms with Crippen molar-refractivity contribution in [3.63, 3.8) is 0 Å². The van der Waals surface area contributed by atoms with E-state index in [-0.39, 0.29) is 5.91 Å². The minimum Gasteiger partial charge on any atom is -0.341 e. The van der Waals surface area contributed by atoms with E-state index in [2.05, 4.69) is 28.9 Å². The van der Waals surface area contributed by atoms with Gasteiger partial charge in [0.05, 0.1) is 5.75 Å². The van der Waals surface area contributed by atoms with Gasteiger partial charge < -0.3 is 4.90 Å². The van der Waals surface area contributed by atoms with E-state index in [9.17, 15) is 4.79 Å². The monoisotopic (exact) mass is 305 g/mol. The van der Waals surface area contributed by atoms with Crippen molar-refractivity contribution < 1.29 is 4.79 Å². The van der Waals surface area contributed by atoms with Gasteiger partial charge in [0, 0.05) is 25.5 Å². The molecule has 0 spiro atoms. The van der Waals surface area contributed by atoms with E-state index in [1.165, 1.54) is 18.2 Å². The van der Waals surface area contributed by atoms with Crippen molar-refractivity contribution in [3.8, 4) is 0 Å². The Hall–Kier alpha value is -1.63. The van der Waals surface area contributed by atoms with Gasteiger partial charge in [0.25, 0.3) is 5.78 Å². The zero-order valence-electron chi connectivity index (χ0n) is 12.3. The molecule has 112 valence electrons. The van der Waals surface area contributed by atoms with Crippen LogP contribution in [0.15, 0.2) is 23.6 Å². The Balaban J connectivity index is 1.60. The molecule has 1 aliphatic heterocycles. The SMILES string of the molecule is C[C@@H]1C[C@@H](C)CN(C(=O)CSc2nc3ncccn3n2)C1. The quantitative estimate of drug-likeness (QED) is 0.808. The van der Waals surface area contributed by atoms with Gasteiger partial charge in [-0.3, -0.25) is 4.79 Å². The number of carbonyl (C=O) groups excluding carboxylic acids is 1. The summed E-state index contributed by atoms with van der Waals surface area (Å²) in [6.07, 6.45) is 4.69. The summed E-state index contributed by atoms with van der Waals surface area (Å²) in [6, 6.07) is 1.80. The van der Waals surface area contributed by atoms with E-state index >= 15 is 0 Å². The first-order valence-electron chi connectivity index (χ1n) is 7.20. The van der Waals surface area contributed by atoms with Gasteiger partial charge in [0.2, 0.25) is 11.1 Å². The van der Waals surface area contributed by atoms with Gasteiger partial charge in [-0.15, -0.1) is 5.10 Å². The van der Waals surface area contributed by atoms with E-state index < -0.39 is 0 Å². The fourth-order valence-electron chi connectivity index (χ4n) is 2.86. The molecule has 6 nitrogen and oxygen atoms in total. The highest BCUT2D eigenvalue weighted by molar-refractivity contribution is 7.99. The number of carbonyl (C=O) groups is 1. The number of thioether (sulfide) groups is 1. The van der Waals surface area contributed by atoms with Gasteiger partial charge in [-0.05, 0) is 24.3 Å². The van der Waals surface area contributed by atoms with E-state index in [4.69, 9.17) is 0 Å². The van der Waals surface area contributed by atoms with Gasteiger partial charge in [-0.25, -0.2) is 9.50 Å². The molecule has 0 aliphatic carbocycles. The lowest BCUT2D eigenvalue weighted by Gasteiger charge is -2.34. The molecule has 7 heteroatoms. The van der Waals surface area contributed by atoms with Crippen LogP contribution in [0.3, 0.4) is 0 Å². The zero-order valence-corrected chi connectivity index (χ0v) is 13.1. The average Bonchev–Trinajstić information content (AvgIpc) is 2.86. The fourth-order valence-corrected chi connectivity index (χ4v) is 3.59. The minimum absolute atomic E-state index is 0.171. The summed E-state index contributed by atoms with van der Waals surface area (Å²) < 4.78 is 1.62. The van der Waals surface area contributed by atoms with Gasteiger partial charge in [0.15, 0.2) is 0 Å². The largest absolute Gasteiger partial charge is 0.341 e. The van der Waals surface area contributed by atoms with Gasteiger partial charge in [-0.2, -0.15) is 4.98 Å². The zero-order chi connectivity index (χ0) is 14.8. The summed E-state index contributed by atoms with van der Waals surface area (Å²) in [5.41, 5.74) is 0. The minimum atomic E-state index is 0.171. The first-order valence-corrected chi connectivity index (χ1v) is 8.18. The third-order valence-electron chi connectivity index (χ3n) is 3.64. The van der Waals surface area contributed by atoms with Crippen molar-refractivity contribution >= 4 is 23.4 Å². The molecule has 0 bridgehead atoms. The Labute approximate surface area is 128 Å². The van der Waals surface area contributed by atoms with Crippen molar-refractivity contribution in [2.45, 2.75) is 25.4 Å². The Morgan fingerprint density at radius 2 is 2.14 bits per heavy atom. The van der Waals surface area contributed by atoms with Crippen molar-refractivity contribution in [1.82, 2.24) is 24.5 Å². The summed E-state index contributed by atoms with van der Waals surface area (Å²) in [4.78, 5) is 22.7. The Kier molecular flexibility index (Phi) is 4.10. The van der Waals surface area contributed by atoms with Crippen LogP contribution in [0.25, 0.3) is 5.78 Å². The molecule has 0 saturated carbocycles. The van der Waals surface area contributed by atoms with Crippen LogP contribution in [-0.2, 0) is 4.79 Å². The second kappa shape index (κ2) is 6.01. The van der Waals surface area contributed by atoms with Crippen LogP contribution in [0.4, 0.5) is 0 Å². The van der Waals surface area contributed by atoms with E-state index in [0.717, 1.165) is 13.1 Å². The van der Waals surface area contributed by atoms with Gasteiger partial charge in [0.1, 0.15) is 0 Å². The number of amides is 1. The molecule has 21 heavy (non-hydrogen) atoms. The normalized spacial score (nSPS) is 22.7. The molecular weight excluding hydrogens is 286 g/mol. The Bertz CT molecular complexity index is 600. The van der Waals surface area contributed by atoms with Crippen molar-refractivity contribution in [3.05, 3.63) is 18.5 Å². The standard InChI is InChI=1S/C14H19N5OS/c1-10-6-11(2)8-18(7-10)12(20)9-21-14-16-13-15-4-3-5-19(13)17-14/h3-5,10-11H,6-9H2,1-2H3/t10-,11-/m1/s1. The summed E-state index contributed by atoms with van der Waals surface area (Å²) in [5, 5.41) is 4.89. The first-order chi connectivity index (χ1) is 10.1. The van der Waals surface area contributed by atoms with Crippen molar-refractivity contribution in [2.75, 3.05) is 18.8 Å². The van der Waals surface area contributed by atoms with E-state index in [1.54, 1.807) is 23.0 Å². The lowest BCUT2D eigenvalue weighted by molar-refractivity contribution is -0.130. The van der Waals surface area contributed by atoms with Gasteiger partial charge in [-0.1, -0.05) is 25.6 Å². The lowest BCUT2D eigenvalue weighted by Crippen LogP contribution is -2.43. The maximum atomic E-state index is 12.3. The maximum Gasteiger partial charge on any atom is 0.253 e. The van der Waals surface area contributed by atoms with E-state index in [1.807, 2.05) is 4.90 Å². The van der Waals surface area contributed by atoms with Crippen LogP contribution in [0, 0.1) is 11.8 Å². The number of aromatic nitrogens is 4. The molecular formula is C14H19N5OS. The highest BCUT2D eigenvalue weighted by Crippen LogP contribution is 2.22. The molecule has 0 aromatic carbocycles. The first kappa shape index (κ1) is 14.3. The van der Waals surface area contributed by atoms with E-state index in [0.29, 0.717) is 28.5 Å². The fraction of sp³-hybridized carbons (Fsp3) is 0.571. The third-order valence-corrected chi connectivity index (χ3v) is 4.47. The number of hydrogen-bond donors (Lipinski definition) is 0. The topological polar surface area (TPSA) is 63.4 Å². The lowest BCUT2D eigenvalue weighted by atomic mass is 9.92. The maximum absolute atomic E-state index is 12.3. The molecule has 1 aliphatic rings. The molecule has 0 radical (unpaired) electrons.